The van der Waals surface area contributed by atoms with Gasteiger partial charge in [-0.1, -0.05) is 19.1 Å². The lowest BCUT2D eigenvalue weighted by Crippen LogP contribution is -2.45. The molecule has 2 aliphatic heterocycles. The minimum absolute atomic E-state index is 0.287. The summed E-state index contributed by atoms with van der Waals surface area (Å²) in [5.74, 6) is 1.23. The van der Waals surface area contributed by atoms with E-state index in [2.05, 4.69) is 80.2 Å². The van der Waals surface area contributed by atoms with Gasteiger partial charge in [0.2, 0.25) is 0 Å². The van der Waals surface area contributed by atoms with Crippen LogP contribution in [0.5, 0.6) is 0 Å². The molecule has 3 aromatic rings. The molecule has 170 valence electrons. The zero-order chi connectivity index (χ0) is 22.2. The Balaban J connectivity index is 1.53. The number of likely N-dealkylation sites (N-methyl/N-ethyl adjacent to an activating group) is 1. The monoisotopic (exact) mass is 496 g/mol. The molecule has 0 N–H and O–H groups in total. The summed E-state index contributed by atoms with van der Waals surface area (Å²) in [7, 11) is 2.20. The lowest BCUT2D eigenvalue weighted by atomic mass is 9.90. The molecule has 0 amide bonds. The second-order valence-electron chi connectivity index (χ2n) is 9.15. The molecule has 2 atom stereocenters. The minimum atomic E-state index is 0.287. The third kappa shape index (κ3) is 3.84. The molecule has 0 aliphatic carbocycles. The summed E-state index contributed by atoms with van der Waals surface area (Å²) in [5.41, 5.74) is 4.68. The number of pyridine rings is 2. The Morgan fingerprint density at radius 2 is 1.75 bits per heavy atom. The van der Waals surface area contributed by atoms with Gasteiger partial charge >= 0.3 is 0 Å². The standard InChI is InChI=1S/C25H33BrN6/c1-4-31-19(23-18(2)8-7-13-27-23)9-5-10-20(31)24-25(26)32-21(28-24)11-6-12-22(32)30-16-14-29(3)15-17-30/h6-8,11-13,19-20H,4-5,9-10,14-17H2,1-3H3. The Morgan fingerprint density at radius 3 is 2.47 bits per heavy atom. The van der Waals surface area contributed by atoms with Gasteiger partial charge in [0.1, 0.15) is 16.1 Å². The van der Waals surface area contributed by atoms with Crippen LogP contribution in [-0.4, -0.2) is 63.9 Å². The van der Waals surface area contributed by atoms with E-state index >= 15 is 0 Å². The number of rotatable bonds is 4. The number of aromatic nitrogens is 3. The summed E-state index contributed by atoms with van der Waals surface area (Å²) < 4.78 is 3.41. The molecule has 7 heteroatoms. The molecule has 2 saturated heterocycles. The average molecular weight is 497 g/mol. The van der Waals surface area contributed by atoms with Crippen molar-refractivity contribution in [1.82, 2.24) is 24.2 Å². The number of imidazole rings is 1. The topological polar surface area (TPSA) is 39.9 Å². The van der Waals surface area contributed by atoms with Gasteiger partial charge in [0.25, 0.3) is 0 Å². The van der Waals surface area contributed by atoms with Crippen LogP contribution in [0.1, 0.15) is 55.2 Å². The molecule has 2 fully saturated rings. The fourth-order valence-corrected chi connectivity index (χ4v) is 6.20. The van der Waals surface area contributed by atoms with Crippen LogP contribution < -0.4 is 4.90 Å². The summed E-state index contributed by atoms with van der Waals surface area (Å²) in [6.45, 7) is 9.70. The first-order chi connectivity index (χ1) is 15.6. The van der Waals surface area contributed by atoms with Gasteiger partial charge in [-0.2, -0.15) is 0 Å². The molecule has 0 bridgehead atoms. The van der Waals surface area contributed by atoms with E-state index < -0.39 is 0 Å². The molecule has 2 aliphatic rings. The molecule has 3 aromatic heterocycles. The zero-order valence-electron chi connectivity index (χ0n) is 19.3. The molecule has 5 rings (SSSR count). The first kappa shape index (κ1) is 21.9. The van der Waals surface area contributed by atoms with Crippen LogP contribution in [0.3, 0.4) is 0 Å². The van der Waals surface area contributed by atoms with Gasteiger partial charge < -0.3 is 9.80 Å². The maximum Gasteiger partial charge on any atom is 0.139 e. The molecular formula is C25H33BrN6. The Labute approximate surface area is 199 Å². The molecule has 2 unspecified atom stereocenters. The third-order valence-corrected chi connectivity index (χ3v) is 7.98. The van der Waals surface area contributed by atoms with Gasteiger partial charge in [0.05, 0.1) is 23.5 Å². The number of likely N-dealkylation sites (tertiary alicyclic amines) is 1. The van der Waals surface area contributed by atoms with Crippen molar-refractivity contribution in [3.8, 4) is 0 Å². The Kier molecular flexibility index (Phi) is 6.23. The minimum Gasteiger partial charge on any atom is -0.355 e. The number of piperidine rings is 1. The summed E-state index contributed by atoms with van der Waals surface area (Å²) in [6.07, 6.45) is 5.40. The second kappa shape index (κ2) is 9.12. The zero-order valence-corrected chi connectivity index (χ0v) is 20.9. The van der Waals surface area contributed by atoms with Crippen LogP contribution in [0.4, 0.5) is 5.82 Å². The molecule has 6 nitrogen and oxygen atoms in total. The summed E-state index contributed by atoms with van der Waals surface area (Å²) >= 11 is 3.99. The highest BCUT2D eigenvalue weighted by Gasteiger charge is 2.36. The predicted molar refractivity (Wildman–Crippen MR) is 133 cm³/mol. The van der Waals surface area contributed by atoms with Gasteiger partial charge in [-0.15, -0.1) is 0 Å². The Bertz CT molecular complexity index is 1090. The fourth-order valence-electron chi connectivity index (χ4n) is 5.48. The van der Waals surface area contributed by atoms with E-state index in [0.29, 0.717) is 6.04 Å². The number of fused-ring (bicyclic) bond motifs is 1. The smallest absolute Gasteiger partial charge is 0.139 e. The number of halogens is 1. The number of aryl methyl sites for hydroxylation is 1. The number of piperazine rings is 1. The van der Waals surface area contributed by atoms with E-state index in [1.165, 1.54) is 23.5 Å². The van der Waals surface area contributed by atoms with Crippen molar-refractivity contribution in [2.45, 2.75) is 45.2 Å². The molecule has 0 radical (unpaired) electrons. The van der Waals surface area contributed by atoms with Crippen molar-refractivity contribution in [2.75, 3.05) is 44.7 Å². The molecule has 0 spiro atoms. The van der Waals surface area contributed by atoms with Crippen LogP contribution in [0, 0.1) is 6.92 Å². The lowest BCUT2D eigenvalue weighted by molar-refractivity contribution is 0.0830. The van der Waals surface area contributed by atoms with Crippen molar-refractivity contribution in [3.05, 3.63) is 58.1 Å². The van der Waals surface area contributed by atoms with Gasteiger partial charge in [0, 0.05) is 32.4 Å². The number of anilines is 1. The molecule has 0 saturated carbocycles. The molecule has 0 aromatic carbocycles. The van der Waals surface area contributed by atoms with Crippen LogP contribution in [0.25, 0.3) is 5.65 Å². The van der Waals surface area contributed by atoms with Gasteiger partial charge in [0.15, 0.2) is 0 Å². The maximum atomic E-state index is 5.17. The Morgan fingerprint density at radius 1 is 1.00 bits per heavy atom. The SMILES string of the molecule is CCN1C(c2ncccc2C)CCCC1c1nc2cccc(N3CCN(C)CC3)n2c1Br. The van der Waals surface area contributed by atoms with Gasteiger partial charge in [-0.05, 0) is 79.5 Å². The molecule has 5 heterocycles. The van der Waals surface area contributed by atoms with Crippen LogP contribution in [0.2, 0.25) is 0 Å². The van der Waals surface area contributed by atoms with Crippen LogP contribution >= 0.6 is 15.9 Å². The lowest BCUT2D eigenvalue weighted by Gasteiger charge is -2.41. The highest BCUT2D eigenvalue weighted by atomic mass is 79.9. The van der Waals surface area contributed by atoms with E-state index in [9.17, 15) is 0 Å². The first-order valence-corrected chi connectivity index (χ1v) is 12.7. The molecule has 32 heavy (non-hydrogen) atoms. The van der Waals surface area contributed by atoms with E-state index in [1.807, 2.05) is 12.3 Å². The first-order valence-electron chi connectivity index (χ1n) is 11.9. The number of nitrogens with zero attached hydrogens (tertiary/aromatic N) is 6. The van der Waals surface area contributed by atoms with Crippen LogP contribution in [0.15, 0.2) is 41.1 Å². The number of hydrogen-bond donors (Lipinski definition) is 0. The fraction of sp³-hybridized carbons (Fsp3) is 0.520. The normalized spacial score (nSPS) is 23.2. The van der Waals surface area contributed by atoms with E-state index in [0.717, 1.165) is 61.5 Å². The largest absolute Gasteiger partial charge is 0.355 e. The summed E-state index contributed by atoms with van der Waals surface area (Å²) in [4.78, 5) is 17.5. The highest BCUT2D eigenvalue weighted by molar-refractivity contribution is 9.10. The average Bonchev–Trinajstić information content (AvgIpc) is 3.16. The third-order valence-electron chi connectivity index (χ3n) is 7.22. The van der Waals surface area contributed by atoms with Crippen molar-refractivity contribution >= 4 is 27.4 Å². The molecular weight excluding hydrogens is 464 g/mol. The van der Waals surface area contributed by atoms with E-state index in [1.54, 1.807) is 0 Å². The van der Waals surface area contributed by atoms with Crippen molar-refractivity contribution < 1.29 is 0 Å². The van der Waals surface area contributed by atoms with Crippen LogP contribution in [-0.2, 0) is 0 Å². The van der Waals surface area contributed by atoms with Gasteiger partial charge in [-0.25, -0.2) is 4.98 Å². The number of hydrogen-bond acceptors (Lipinski definition) is 5. The van der Waals surface area contributed by atoms with Crippen molar-refractivity contribution in [1.29, 1.82) is 0 Å². The Hall–Kier alpha value is -1.96. The van der Waals surface area contributed by atoms with Crippen molar-refractivity contribution in [3.63, 3.8) is 0 Å². The second-order valence-corrected chi connectivity index (χ2v) is 9.91. The summed E-state index contributed by atoms with van der Waals surface area (Å²) in [5, 5.41) is 0. The van der Waals surface area contributed by atoms with E-state index in [4.69, 9.17) is 9.97 Å². The van der Waals surface area contributed by atoms with Crippen molar-refractivity contribution in [2.24, 2.45) is 0 Å². The predicted octanol–water partition coefficient (Wildman–Crippen LogP) is 4.84. The van der Waals surface area contributed by atoms with E-state index in [-0.39, 0.29) is 6.04 Å². The summed E-state index contributed by atoms with van der Waals surface area (Å²) in [6, 6.07) is 11.4. The highest BCUT2D eigenvalue weighted by Crippen LogP contribution is 2.43. The van der Waals surface area contributed by atoms with Gasteiger partial charge in [-0.3, -0.25) is 14.3 Å². The quantitative estimate of drug-likeness (QED) is 0.516. The maximum absolute atomic E-state index is 5.17.